The number of fused-ring (bicyclic) bond motifs is 1. The molecule has 0 radical (unpaired) electrons. The summed E-state index contributed by atoms with van der Waals surface area (Å²) in [5, 5.41) is 0. The van der Waals surface area contributed by atoms with Crippen LogP contribution in [0.15, 0.2) is 102 Å². The molecule has 1 aliphatic rings. The Labute approximate surface area is 296 Å². The third-order valence-electron chi connectivity index (χ3n) is 9.20. The maximum atomic E-state index is 14.6. The molecule has 0 atom stereocenters. The number of aryl methyl sites for hydroxylation is 1. The van der Waals surface area contributed by atoms with Gasteiger partial charge in [0, 0.05) is 31.6 Å². The minimum Gasteiger partial charge on any atom is -0.336 e. The molecule has 1 aliphatic heterocycles. The molecule has 1 amide bonds. The average Bonchev–Trinajstić information content (AvgIpc) is 3.12. The zero-order chi connectivity index (χ0) is 36.7. The van der Waals surface area contributed by atoms with E-state index in [1.54, 1.807) is 0 Å². The quantitative estimate of drug-likeness (QED) is 0.130. The van der Waals surface area contributed by atoms with Crippen molar-refractivity contribution in [3.8, 4) is 11.1 Å². The monoisotopic (exact) mass is 702 g/mol. The summed E-state index contributed by atoms with van der Waals surface area (Å²) in [6, 6.07) is 23.7. The number of hydrogen-bond donors (Lipinski definition) is 0. The summed E-state index contributed by atoms with van der Waals surface area (Å²) in [5.74, 6) is -0.554. The van der Waals surface area contributed by atoms with Gasteiger partial charge in [0.1, 0.15) is 24.0 Å². The van der Waals surface area contributed by atoms with Crippen LogP contribution in [0.4, 0.5) is 27.6 Å². The fraction of sp³-hybridized carbons (Fsp3) is 0.317. The van der Waals surface area contributed by atoms with Gasteiger partial charge in [-0.1, -0.05) is 68.4 Å². The van der Waals surface area contributed by atoms with E-state index in [9.17, 15) is 26.7 Å². The number of allylic oxidation sites excluding steroid dienone is 1. The van der Waals surface area contributed by atoms with Crippen LogP contribution >= 0.6 is 0 Å². The molecule has 0 spiro atoms. The van der Waals surface area contributed by atoms with Crippen molar-refractivity contribution >= 4 is 23.1 Å². The first-order valence-electron chi connectivity index (χ1n) is 17.2. The number of halogens is 5. The Hall–Kier alpha value is -4.83. The number of nitrogens with zero attached hydrogens (tertiary/aromatic N) is 4. The minimum absolute atomic E-state index is 0.0145. The molecule has 5 rings (SSSR count). The molecule has 4 aromatic rings. The van der Waals surface area contributed by atoms with Gasteiger partial charge in [-0.15, -0.1) is 0 Å². The number of aliphatic imine (C=N–C) groups is 1. The molecule has 0 unspecified atom stereocenters. The van der Waals surface area contributed by atoms with E-state index in [0.717, 1.165) is 71.0 Å². The number of carbonyl (C=O) groups excluding carboxylic acids is 1. The van der Waals surface area contributed by atoms with Crippen molar-refractivity contribution in [3.05, 3.63) is 130 Å². The first-order valence-corrected chi connectivity index (χ1v) is 17.2. The van der Waals surface area contributed by atoms with Gasteiger partial charge < -0.3 is 14.7 Å². The molecule has 10 heteroatoms. The maximum Gasteiger partial charge on any atom is 0.416 e. The van der Waals surface area contributed by atoms with Gasteiger partial charge in [0.15, 0.2) is 0 Å². The molecular weight excluding hydrogens is 659 g/mol. The highest BCUT2D eigenvalue weighted by Crippen LogP contribution is 2.36. The molecule has 0 N–H and O–H groups in total. The SMILES string of the molecule is CCN(CC)CCN(Cc1ccc(-c2ccc(C(F)(F)F)cc2)cc1)C(=O)CN1C(CCc2cc(F)ccc2F)=NC(=C(C)C)c2ccccc21. The summed E-state index contributed by atoms with van der Waals surface area (Å²) in [6.07, 6.45) is -3.93. The van der Waals surface area contributed by atoms with Gasteiger partial charge in [-0.2, -0.15) is 13.2 Å². The Morgan fingerprint density at radius 2 is 1.45 bits per heavy atom. The van der Waals surface area contributed by atoms with Crippen LogP contribution < -0.4 is 4.90 Å². The second-order valence-electron chi connectivity index (χ2n) is 12.8. The largest absolute Gasteiger partial charge is 0.416 e. The zero-order valence-electron chi connectivity index (χ0n) is 29.4. The fourth-order valence-corrected chi connectivity index (χ4v) is 6.23. The lowest BCUT2D eigenvalue weighted by Gasteiger charge is -2.35. The van der Waals surface area contributed by atoms with Crippen LogP contribution in [0.5, 0.6) is 0 Å². The number of carbonyl (C=O) groups is 1. The second-order valence-corrected chi connectivity index (χ2v) is 12.8. The Bertz CT molecular complexity index is 1880. The Morgan fingerprint density at radius 3 is 2.08 bits per heavy atom. The molecule has 1 heterocycles. The van der Waals surface area contributed by atoms with E-state index in [1.807, 2.05) is 72.2 Å². The second kappa shape index (κ2) is 16.5. The molecule has 268 valence electrons. The third kappa shape index (κ3) is 9.29. The van der Waals surface area contributed by atoms with Gasteiger partial charge in [-0.05, 0) is 97.6 Å². The molecule has 0 fully saturated rings. The van der Waals surface area contributed by atoms with Crippen molar-refractivity contribution in [2.24, 2.45) is 4.99 Å². The van der Waals surface area contributed by atoms with Gasteiger partial charge in [-0.25, -0.2) is 13.8 Å². The Morgan fingerprint density at radius 1 is 0.804 bits per heavy atom. The highest BCUT2D eigenvalue weighted by molar-refractivity contribution is 6.09. The number of rotatable bonds is 13. The van der Waals surface area contributed by atoms with Gasteiger partial charge in [-0.3, -0.25) is 4.79 Å². The van der Waals surface area contributed by atoms with E-state index in [0.29, 0.717) is 31.0 Å². The van der Waals surface area contributed by atoms with E-state index in [2.05, 4.69) is 18.7 Å². The summed E-state index contributed by atoms with van der Waals surface area (Å²) in [6.45, 7) is 11.2. The maximum absolute atomic E-state index is 14.6. The molecule has 51 heavy (non-hydrogen) atoms. The highest BCUT2D eigenvalue weighted by Gasteiger charge is 2.30. The van der Waals surface area contributed by atoms with Crippen LogP contribution in [-0.4, -0.2) is 54.3 Å². The topological polar surface area (TPSA) is 39.1 Å². The molecule has 0 saturated carbocycles. The molecular formula is C41H43F5N4O. The number of anilines is 1. The van der Waals surface area contributed by atoms with Crippen molar-refractivity contribution < 1.29 is 26.7 Å². The number of amidine groups is 1. The first-order chi connectivity index (χ1) is 24.4. The van der Waals surface area contributed by atoms with Crippen LogP contribution in [0.1, 0.15) is 56.4 Å². The van der Waals surface area contributed by atoms with E-state index in [1.165, 1.54) is 18.2 Å². The number of benzene rings is 4. The summed E-state index contributed by atoms with van der Waals surface area (Å²) < 4.78 is 67.9. The lowest BCUT2D eigenvalue weighted by molar-refractivity contribution is -0.137. The molecule has 0 saturated heterocycles. The van der Waals surface area contributed by atoms with Crippen molar-refractivity contribution in [1.29, 1.82) is 0 Å². The van der Waals surface area contributed by atoms with E-state index < -0.39 is 23.4 Å². The fourth-order valence-electron chi connectivity index (χ4n) is 6.23. The van der Waals surface area contributed by atoms with Crippen molar-refractivity contribution in [2.75, 3.05) is 37.6 Å². The van der Waals surface area contributed by atoms with Crippen LogP contribution in [0.3, 0.4) is 0 Å². The van der Waals surface area contributed by atoms with E-state index in [4.69, 9.17) is 4.99 Å². The molecule has 0 bridgehead atoms. The van der Waals surface area contributed by atoms with Crippen LogP contribution in [0.2, 0.25) is 0 Å². The van der Waals surface area contributed by atoms with Crippen molar-refractivity contribution in [2.45, 2.75) is 53.3 Å². The summed E-state index contributed by atoms with van der Waals surface area (Å²) in [5.41, 5.74) is 5.32. The standard InChI is InChI=1S/C41H43F5N4O/c1-5-48(6-2)23-24-49(26-29-11-13-30(14-12-29)31-15-18-33(19-16-31)41(44,45)46)39(51)27-50-37-10-8-7-9-35(37)40(28(3)4)47-38(50)22-17-32-25-34(42)20-21-36(32)43/h7-16,18-21,25H,5-6,17,22-24,26-27H2,1-4H3. The van der Waals surface area contributed by atoms with Gasteiger partial charge in [0.2, 0.25) is 5.91 Å². The van der Waals surface area contributed by atoms with Crippen molar-refractivity contribution in [3.63, 3.8) is 0 Å². The predicted octanol–water partition coefficient (Wildman–Crippen LogP) is 9.62. The van der Waals surface area contributed by atoms with Crippen LogP contribution in [0.25, 0.3) is 16.8 Å². The zero-order valence-corrected chi connectivity index (χ0v) is 29.4. The third-order valence-corrected chi connectivity index (χ3v) is 9.20. The normalized spacial score (nSPS) is 12.9. The van der Waals surface area contributed by atoms with Crippen LogP contribution in [0, 0.1) is 11.6 Å². The number of para-hydroxylation sites is 1. The Kier molecular flexibility index (Phi) is 12.1. The Balaban J connectivity index is 1.42. The predicted molar refractivity (Wildman–Crippen MR) is 194 cm³/mol. The van der Waals surface area contributed by atoms with E-state index >= 15 is 0 Å². The number of hydrogen-bond acceptors (Lipinski definition) is 4. The lowest BCUT2D eigenvalue weighted by atomic mass is 10.0. The molecule has 0 aromatic heterocycles. The smallest absolute Gasteiger partial charge is 0.336 e. The van der Waals surface area contributed by atoms with Crippen LogP contribution in [-0.2, 0) is 23.9 Å². The highest BCUT2D eigenvalue weighted by atomic mass is 19.4. The summed E-state index contributed by atoms with van der Waals surface area (Å²) in [7, 11) is 0. The van der Waals surface area contributed by atoms with Gasteiger partial charge >= 0.3 is 6.18 Å². The first kappa shape index (κ1) is 37.4. The number of alkyl halides is 3. The minimum atomic E-state index is -4.40. The summed E-state index contributed by atoms with van der Waals surface area (Å²) in [4.78, 5) is 25.3. The van der Waals surface area contributed by atoms with Gasteiger partial charge in [0.05, 0.1) is 16.9 Å². The van der Waals surface area contributed by atoms with Crippen molar-refractivity contribution in [1.82, 2.24) is 9.80 Å². The number of amides is 1. The van der Waals surface area contributed by atoms with E-state index in [-0.39, 0.29) is 30.9 Å². The lowest BCUT2D eigenvalue weighted by Crippen LogP contribution is -2.46. The number of likely N-dealkylation sites (N-methyl/N-ethyl adjacent to an activating group) is 1. The summed E-state index contributed by atoms with van der Waals surface area (Å²) >= 11 is 0. The molecule has 0 aliphatic carbocycles. The molecule has 5 nitrogen and oxygen atoms in total. The average molecular weight is 703 g/mol. The van der Waals surface area contributed by atoms with Gasteiger partial charge in [0.25, 0.3) is 0 Å². The molecule has 4 aromatic carbocycles.